The zero-order chi connectivity index (χ0) is 13.3. The van der Waals surface area contributed by atoms with Gasteiger partial charge in [0.05, 0.1) is 22.0 Å². The van der Waals surface area contributed by atoms with E-state index < -0.39 is 0 Å². The van der Waals surface area contributed by atoms with Crippen molar-refractivity contribution in [1.82, 2.24) is 9.78 Å². The Morgan fingerprint density at radius 3 is 2.78 bits per heavy atom. The number of hydrogen-bond acceptors (Lipinski definition) is 3. The van der Waals surface area contributed by atoms with Gasteiger partial charge in [0.1, 0.15) is 0 Å². The fourth-order valence-electron chi connectivity index (χ4n) is 1.69. The maximum atomic E-state index is 12.1. The van der Waals surface area contributed by atoms with Crippen molar-refractivity contribution in [2.75, 3.05) is 11.1 Å². The lowest BCUT2D eigenvalue weighted by Gasteiger charge is -2.08. The van der Waals surface area contributed by atoms with Crippen LogP contribution in [-0.4, -0.2) is 15.7 Å². The molecule has 0 aliphatic rings. The molecule has 0 atom stereocenters. The van der Waals surface area contributed by atoms with E-state index in [1.807, 2.05) is 6.92 Å². The number of aromatic nitrogens is 2. The Labute approximate surface area is 110 Å². The second-order valence-electron chi connectivity index (χ2n) is 3.96. The van der Waals surface area contributed by atoms with E-state index in [1.54, 1.807) is 36.1 Å². The van der Waals surface area contributed by atoms with Gasteiger partial charge in [-0.1, -0.05) is 17.7 Å². The number of hydrogen-bond donors (Lipinski definition) is 2. The predicted molar refractivity (Wildman–Crippen MR) is 71.8 cm³/mol. The van der Waals surface area contributed by atoms with Crippen LogP contribution in [0.25, 0.3) is 0 Å². The lowest BCUT2D eigenvalue weighted by molar-refractivity contribution is 0.102. The summed E-state index contributed by atoms with van der Waals surface area (Å²) in [4.78, 5) is 12.1. The Hall–Kier alpha value is -2.01. The topological polar surface area (TPSA) is 72.9 Å². The molecule has 0 fully saturated rings. The number of nitrogens with two attached hydrogens (primary N) is 1. The van der Waals surface area contributed by atoms with Crippen LogP contribution in [0.3, 0.4) is 0 Å². The molecule has 2 rings (SSSR count). The van der Waals surface area contributed by atoms with Gasteiger partial charge >= 0.3 is 0 Å². The lowest BCUT2D eigenvalue weighted by Crippen LogP contribution is -2.14. The lowest BCUT2D eigenvalue weighted by atomic mass is 10.1. The highest BCUT2D eigenvalue weighted by atomic mass is 35.5. The molecule has 5 nitrogen and oxygen atoms in total. The molecule has 1 aromatic carbocycles. The molecule has 0 saturated carbocycles. The van der Waals surface area contributed by atoms with Gasteiger partial charge in [-0.15, -0.1) is 0 Å². The highest BCUT2D eigenvalue weighted by molar-refractivity contribution is 6.35. The average molecular weight is 265 g/mol. The molecule has 6 heteroatoms. The summed E-state index contributed by atoms with van der Waals surface area (Å²) in [6, 6.07) is 4.96. The maximum Gasteiger partial charge on any atom is 0.259 e. The minimum absolute atomic E-state index is 0.280. The molecule has 0 saturated heterocycles. The van der Waals surface area contributed by atoms with Crippen LogP contribution >= 0.6 is 11.6 Å². The van der Waals surface area contributed by atoms with Crippen LogP contribution in [0.15, 0.2) is 24.4 Å². The number of rotatable bonds is 2. The molecule has 0 unspecified atom stereocenters. The standard InChI is InChI=1S/C12H13ClN4O/c1-7-10(6-17(2)16-7)15-12(18)11-8(13)4-3-5-9(11)14/h3-6H,14H2,1-2H3,(H,15,18). The summed E-state index contributed by atoms with van der Waals surface area (Å²) in [6.07, 6.45) is 1.72. The minimum atomic E-state index is -0.339. The first-order valence-electron chi connectivity index (χ1n) is 5.34. The van der Waals surface area contributed by atoms with E-state index in [0.717, 1.165) is 5.69 Å². The molecule has 0 spiro atoms. The summed E-state index contributed by atoms with van der Waals surface area (Å²) >= 11 is 5.97. The van der Waals surface area contributed by atoms with Gasteiger partial charge in [-0.05, 0) is 19.1 Å². The Bertz CT molecular complexity index is 586. The highest BCUT2D eigenvalue weighted by Gasteiger charge is 2.15. The number of aryl methyl sites for hydroxylation is 2. The van der Waals surface area contributed by atoms with E-state index in [9.17, 15) is 4.79 Å². The van der Waals surface area contributed by atoms with Crippen LogP contribution in [0.5, 0.6) is 0 Å². The summed E-state index contributed by atoms with van der Waals surface area (Å²) < 4.78 is 1.63. The summed E-state index contributed by atoms with van der Waals surface area (Å²) in [5, 5.41) is 7.21. The molecular weight excluding hydrogens is 252 g/mol. The van der Waals surface area contributed by atoms with Crippen molar-refractivity contribution in [2.45, 2.75) is 6.92 Å². The van der Waals surface area contributed by atoms with Crippen LogP contribution < -0.4 is 11.1 Å². The summed E-state index contributed by atoms with van der Waals surface area (Å²) in [6.45, 7) is 1.81. The van der Waals surface area contributed by atoms with Gasteiger partial charge in [-0.25, -0.2) is 0 Å². The Morgan fingerprint density at radius 1 is 1.50 bits per heavy atom. The third-order valence-corrected chi connectivity index (χ3v) is 2.85. The van der Waals surface area contributed by atoms with Crippen molar-refractivity contribution in [3.8, 4) is 0 Å². The van der Waals surface area contributed by atoms with Crippen LogP contribution in [0.4, 0.5) is 11.4 Å². The molecule has 3 N–H and O–H groups in total. The summed E-state index contributed by atoms with van der Waals surface area (Å²) in [5.41, 5.74) is 7.76. The fourth-order valence-corrected chi connectivity index (χ4v) is 1.96. The first kappa shape index (κ1) is 12.4. The van der Waals surface area contributed by atoms with E-state index in [1.165, 1.54) is 0 Å². The van der Waals surface area contributed by atoms with E-state index >= 15 is 0 Å². The molecule has 0 bridgehead atoms. The Kier molecular flexibility index (Phi) is 3.25. The number of anilines is 2. The number of nitrogen functional groups attached to an aromatic ring is 1. The van der Waals surface area contributed by atoms with Crippen LogP contribution in [0.1, 0.15) is 16.1 Å². The predicted octanol–water partition coefficient (Wildman–Crippen LogP) is 2.22. The van der Waals surface area contributed by atoms with Gasteiger partial charge in [-0.3, -0.25) is 9.48 Å². The van der Waals surface area contributed by atoms with E-state index in [0.29, 0.717) is 16.4 Å². The quantitative estimate of drug-likeness (QED) is 0.817. The molecule has 2 aromatic rings. The van der Waals surface area contributed by atoms with Gasteiger partial charge < -0.3 is 11.1 Å². The largest absolute Gasteiger partial charge is 0.398 e. The molecule has 1 aromatic heterocycles. The molecule has 18 heavy (non-hydrogen) atoms. The highest BCUT2D eigenvalue weighted by Crippen LogP contribution is 2.23. The van der Waals surface area contributed by atoms with Crippen molar-refractivity contribution in [1.29, 1.82) is 0 Å². The molecule has 0 radical (unpaired) electrons. The summed E-state index contributed by atoms with van der Waals surface area (Å²) in [5.74, 6) is -0.339. The second kappa shape index (κ2) is 4.70. The van der Waals surface area contributed by atoms with E-state index in [-0.39, 0.29) is 11.5 Å². The zero-order valence-corrected chi connectivity index (χ0v) is 10.8. The number of nitrogens with one attached hydrogen (secondary N) is 1. The van der Waals surface area contributed by atoms with Crippen molar-refractivity contribution in [3.05, 3.63) is 40.7 Å². The zero-order valence-electron chi connectivity index (χ0n) is 10.1. The number of halogens is 1. The molecule has 1 heterocycles. The van der Waals surface area contributed by atoms with Gasteiger partial charge in [0, 0.05) is 18.9 Å². The number of benzene rings is 1. The smallest absolute Gasteiger partial charge is 0.259 e. The SMILES string of the molecule is Cc1nn(C)cc1NC(=O)c1c(N)cccc1Cl. The van der Waals surface area contributed by atoms with Crippen LogP contribution in [-0.2, 0) is 7.05 Å². The molecule has 94 valence electrons. The molecule has 0 aliphatic carbocycles. The second-order valence-corrected chi connectivity index (χ2v) is 4.37. The minimum Gasteiger partial charge on any atom is -0.398 e. The third kappa shape index (κ3) is 2.31. The number of carbonyl (C=O) groups excluding carboxylic acids is 1. The van der Waals surface area contributed by atoms with Crippen molar-refractivity contribution >= 4 is 28.9 Å². The first-order chi connectivity index (χ1) is 8.49. The van der Waals surface area contributed by atoms with Gasteiger partial charge in [0.2, 0.25) is 0 Å². The normalized spacial score (nSPS) is 10.4. The fraction of sp³-hybridized carbons (Fsp3) is 0.167. The van der Waals surface area contributed by atoms with Crippen molar-refractivity contribution < 1.29 is 4.79 Å². The van der Waals surface area contributed by atoms with Crippen molar-refractivity contribution in [3.63, 3.8) is 0 Å². The summed E-state index contributed by atoms with van der Waals surface area (Å²) in [7, 11) is 1.78. The monoisotopic (exact) mass is 264 g/mol. The van der Waals surface area contributed by atoms with Gasteiger partial charge in [-0.2, -0.15) is 5.10 Å². The maximum absolute atomic E-state index is 12.1. The third-order valence-electron chi connectivity index (χ3n) is 2.53. The molecular formula is C12H13ClN4O. The molecule has 1 amide bonds. The number of amides is 1. The number of nitrogens with zero attached hydrogens (tertiary/aromatic N) is 2. The van der Waals surface area contributed by atoms with Crippen LogP contribution in [0, 0.1) is 6.92 Å². The molecule has 0 aliphatic heterocycles. The van der Waals surface area contributed by atoms with Crippen LogP contribution in [0.2, 0.25) is 5.02 Å². The average Bonchev–Trinajstić information content (AvgIpc) is 2.57. The Balaban J connectivity index is 2.30. The van der Waals surface area contributed by atoms with Gasteiger partial charge in [0.15, 0.2) is 0 Å². The van der Waals surface area contributed by atoms with E-state index in [4.69, 9.17) is 17.3 Å². The van der Waals surface area contributed by atoms with E-state index in [2.05, 4.69) is 10.4 Å². The first-order valence-corrected chi connectivity index (χ1v) is 5.72. The Morgan fingerprint density at radius 2 is 2.22 bits per heavy atom. The van der Waals surface area contributed by atoms with Gasteiger partial charge in [0.25, 0.3) is 5.91 Å². The number of carbonyl (C=O) groups is 1. The van der Waals surface area contributed by atoms with Crippen molar-refractivity contribution in [2.24, 2.45) is 7.05 Å².